The maximum Gasteiger partial charge on any atom is 0.0593 e. The molecule has 0 saturated heterocycles. The molecular formula is C15H22N2OS. The second-order valence-electron chi connectivity index (χ2n) is 5.02. The van der Waals surface area contributed by atoms with E-state index in [2.05, 4.69) is 35.2 Å². The fourth-order valence-electron chi connectivity index (χ4n) is 1.80. The minimum absolute atomic E-state index is 0.417. The summed E-state index contributed by atoms with van der Waals surface area (Å²) in [6.07, 6.45) is 2.71. The number of nitrogens with zero attached hydrogens (tertiary/aromatic N) is 1. The Balaban J connectivity index is 1.71. The van der Waals surface area contributed by atoms with Gasteiger partial charge in [0.2, 0.25) is 0 Å². The molecule has 0 aromatic carbocycles. The smallest absolute Gasteiger partial charge is 0.0593 e. The molecule has 0 aliphatic heterocycles. The number of thiophene rings is 1. The monoisotopic (exact) mass is 278 g/mol. The Kier molecular flexibility index (Phi) is 5.87. The van der Waals surface area contributed by atoms with Gasteiger partial charge in [0.25, 0.3) is 0 Å². The van der Waals surface area contributed by atoms with Crippen molar-refractivity contribution in [3.8, 4) is 11.8 Å². The van der Waals surface area contributed by atoms with Crippen LogP contribution in [0.15, 0.2) is 11.4 Å². The minimum atomic E-state index is 0.417. The molecule has 1 aromatic heterocycles. The Labute approximate surface area is 119 Å². The summed E-state index contributed by atoms with van der Waals surface area (Å²) in [5.41, 5.74) is 6.52. The van der Waals surface area contributed by atoms with Crippen LogP contribution in [0.25, 0.3) is 0 Å². The topological polar surface area (TPSA) is 38.5 Å². The van der Waals surface area contributed by atoms with Crippen molar-refractivity contribution in [3.63, 3.8) is 0 Å². The lowest BCUT2D eigenvalue weighted by atomic mass is 10.2. The maximum absolute atomic E-state index is 5.66. The lowest BCUT2D eigenvalue weighted by molar-refractivity contribution is 0.102. The predicted octanol–water partition coefficient (Wildman–Crippen LogP) is 1.92. The van der Waals surface area contributed by atoms with Crippen molar-refractivity contribution in [3.05, 3.63) is 21.9 Å². The highest BCUT2D eigenvalue weighted by Gasteiger charge is 2.20. The Morgan fingerprint density at radius 2 is 2.37 bits per heavy atom. The zero-order valence-corrected chi connectivity index (χ0v) is 12.3. The molecule has 2 N–H and O–H groups in total. The zero-order chi connectivity index (χ0) is 13.5. The summed E-state index contributed by atoms with van der Waals surface area (Å²) in [6, 6.07) is 2.07. The highest BCUT2D eigenvalue weighted by molar-refractivity contribution is 7.10. The summed E-state index contributed by atoms with van der Waals surface area (Å²) in [5.74, 6) is 6.89. The van der Waals surface area contributed by atoms with Crippen molar-refractivity contribution in [1.82, 2.24) is 4.90 Å². The zero-order valence-electron chi connectivity index (χ0n) is 11.5. The molecule has 1 saturated carbocycles. The molecule has 2 rings (SSSR count). The fraction of sp³-hybridized carbons (Fsp3) is 0.600. The van der Waals surface area contributed by atoms with Crippen LogP contribution in [0.1, 0.15) is 23.3 Å². The van der Waals surface area contributed by atoms with Crippen LogP contribution in [-0.4, -0.2) is 38.3 Å². The summed E-state index contributed by atoms with van der Waals surface area (Å²) in [5, 5.41) is 2.09. The van der Waals surface area contributed by atoms with E-state index in [-0.39, 0.29) is 0 Å². The van der Waals surface area contributed by atoms with E-state index in [0.29, 0.717) is 6.54 Å². The Bertz CT molecular complexity index is 442. The van der Waals surface area contributed by atoms with Gasteiger partial charge in [0.1, 0.15) is 0 Å². The lowest BCUT2D eigenvalue weighted by Crippen LogP contribution is -2.23. The second kappa shape index (κ2) is 7.66. The summed E-state index contributed by atoms with van der Waals surface area (Å²) in [7, 11) is 2.13. The normalized spacial score (nSPS) is 14.5. The lowest BCUT2D eigenvalue weighted by Gasteiger charge is -2.16. The molecular weight excluding hydrogens is 256 g/mol. The number of hydrogen-bond acceptors (Lipinski definition) is 4. The SMILES string of the molecule is CN(CCOCC1CC1)Cc1sccc1C#CCN. The Morgan fingerprint density at radius 1 is 1.53 bits per heavy atom. The van der Waals surface area contributed by atoms with Gasteiger partial charge in [0.05, 0.1) is 13.2 Å². The fourth-order valence-corrected chi connectivity index (χ4v) is 2.71. The molecule has 0 radical (unpaired) electrons. The van der Waals surface area contributed by atoms with Crippen molar-refractivity contribution in [1.29, 1.82) is 0 Å². The van der Waals surface area contributed by atoms with Gasteiger partial charge in [-0.2, -0.15) is 0 Å². The Morgan fingerprint density at radius 3 is 3.11 bits per heavy atom. The van der Waals surface area contributed by atoms with Crippen LogP contribution in [0.4, 0.5) is 0 Å². The van der Waals surface area contributed by atoms with Gasteiger partial charge >= 0.3 is 0 Å². The first-order chi connectivity index (χ1) is 9.29. The van der Waals surface area contributed by atoms with E-state index in [1.54, 1.807) is 11.3 Å². The Hall–Kier alpha value is -0.860. The summed E-state index contributed by atoms with van der Waals surface area (Å²) in [6.45, 7) is 4.08. The van der Waals surface area contributed by atoms with Gasteiger partial charge in [-0.05, 0) is 37.3 Å². The van der Waals surface area contributed by atoms with E-state index in [9.17, 15) is 0 Å². The molecule has 1 aromatic rings. The van der Waals surface area contributed by atoms with Gasteiger partial charge in [-0.15, -0.1) is 11.3 Å². The van der Waals surface area contributed by atoms with Crippen LogP contribution in [0.2, 0.25) is 0 Å². The third-order valence-electron chi connectivity index (χ3n) is 3.15. The average molecular weight is 278 g/mol. The molecule has 0 spiro atoms. The third-order valence-corrected chi connectivity index (χ3v) is 4.06. The van der Waals surface area contributed by atoms with E-state index >= 15 is 0 Å². The number of ether oxygens (including phenoxy) is 1. The summed E-state index contributed by atoms with van der Waals surface area (Å²) >= 11 is 1.76. The first-order valence-electron chi connectivity index (χ1n) is 6.81. The predicted molar refractivity (Wildman–Crippen MR) is 80.1 cm³/mol. The molecule has 0 atom stereocenters. The average Bonchev–Trinajstić information content (AvgIpc) is 3.13. The van der Waals surface area contributed by atoms with Crippen LogP contribution < -0.4 is 5.73 Å². The quantitative estimate of drug-likeness (QED) is 0.612. The molecule has 0 bridgehead atoms. The molecule has 0 unspecified atom stereocenters. The standard InChI is InChI=1S/C15H22N2OS/c1-17(8-9-18-12-13-4-5-13)11-15-14(3-2-7-16)6-10-19-15/h6,10,13H,4-5,7-9,11-12,16H2,1H3. The highest BCUT2D eigenvalue weighted by Crippen LogP contribution is 2.28. The van der Waals surface area contributed by atoms with Gasteiger partial charge in [0.15, 0.2) is 0 Å². The largest absolute Gasteiger partial charge is 0.380 e. The van der Waals surface area contributed by atoms with E-state index in [1.165, 1.54) is 17.7 Å². The van der Waals surface area contributed by atoms with Crippen molar-refractivity contribution in [2.75, 3.05) is 33.4 Å². The van der Waals surface area contributed by atoms with Crippen LogP contribution in [0.3, 0.4) is 0 Å². The summed E-state index contributed by atoms with van der Waals surface area (Å²) in [4.78, 5) is 3.59. The molecule has 19 heavy (non-hydrogen) atoms. The maximum atomic E-state index is 5.66. The minimum Gasteiger partial charge on any atom is -0.380 e. The summed E-state index contributed by atoms with van der Waals surface area (Å²) < 4.78 is 5.66. The van der Waals surface area contributed by atoms with Gasteiger partial charge in [0, 0.05) is 30.1 Å². The van der Waals surface area contributed by atoms with Gasteiger partial charge in [-0.1, -0.05) is 11.8 Å². The third kappa shape index (κ3) is 5.33. The molecule has 1 aliphatic rings. The van der Waals surface area contributed by atoms with E-state index in [0.717, 1.165) is 37.8 Å². The van der Waals surface area contributed by atoms with Crippen molar-refractivity contribution in [2.45, 2.75) is 19.4 Å². The van der Waals surface area contributed by atoms with Crippen molar-refractivity contribution < 1.29 is 4.74 Å². The van der Waals surface area contributed by atoms with Crippen LogP contribution in [0, 0.1) is 17.8 Å². The van der Waals surface area contributed by atoms with Crippen LogP contribution >= 0.6 is 11.3 Å². The van der Waals surface area contributed by atoms with Crippen LogP contribution in [0.5, 0.6) is 0 Å². The van der Waals surface area contributed by atoms with Gasteiger partial charge < -0.3 is 10.5 Å². The molecule has 0 amide bonds. The van der Waals surface area contributed by atoms with E-state index in [1.807, 2.05) is 0 Å². The number of likely N-dealkylation sites (N-methyl/N-ethyl adjacent to an activating group) is 1. The first kappa shape index (κ1) is 14.5. The first-order valence-corrected chi connectivity index (χ1v) is 7.69. The molecule has 3 nitrogen and oxygen atoms in total. The molecule has 4 heteroatoms. The number of nitrogens with two attached hydrogens (primary N) is 1. The van der Waals surface area contributed by atoms with E-state index < -0.39 is 0 Å². The number of rotatable bonds is 7. The van der Waals surface area contributed by atoms with Gasteiger partial charge in [-0.3, -0.25) is 4.90 Å². The molecule has 1 aliphatic carbocycles. The van der Waals surface area contributed by atoms with Crippen molar-refractivity contribution >= 4 is 11.3 Å². The molecule has 1 fully saturated rings. The number of hydrogen-bond donors (Lipinski definition) is 1. The van der Waals surface area contributed by atoms with Crippen molar-refractivity contribution in [2.24, 2.45) is 11.7 Å². The van der Waals surface area contributed by atoms with E-state index in [4.69, 9.17) is 10.5 Å². The van der Waals surface area contributed by atoms with Crippen LogP contribution in [-0.2, 0) is 11.3 Å². The molecule has 104 valence electrons. The van der Waals surface area contributed by atoms with Gasteiger partial charge in [-0.25, -0.2) is 0 Å². The molecule has 1 heterocycles. The second-order valence-corrected chi connectivity index (χ2v) is 6.02. The highest BCUT2D eigenvalue weighted by atomic mass is 32.1.